The molecule has 5 heterocycles. The molecule has 1 spiro atoms. The van der Waals surface area contributed by atoms with E-state index in [-0.39, 0.29) is 29.9 Å². The van der Waals surface area contributed by atoms with Crippen LogP contribution in [0.2, 0.25) is 10.0 Å². The van der Waals surface area contributed by atoms with Gasteiger partial charge in [-0.15, -0.1) is 0 Å². The molecular formula is C38H40Cl2N10O5. The standard InChI is InChI=1S/C20H22ClN5O3.C18H18ClN5O2/c21-15-3-1-2-4-16(15)26-12-13-11-22-18(24-17(13)25-19(26)27)23-14-5-7-20(8-6-14)28-9-10-29-20;19-14-3-1-2-4-15(14)24-10-11-9-20-17(22-16(11)23-18(24)26)21-12-5-7-13(25)8-6-12/h1-4,11,14H,5-10,12H2,(H2,22,23,24,25,27);1-4,9,12H,5-8,10H2,(H2,20,21,22,23,26). The van der Waals surface area contributed by atoms with E-state index >= 15 is 0 Å². The van der Waals surface area contributed by atoms with Crippen molar-refractivity contribution in [3.8, 4) is 0 Å². The summed E-state index contributed by atoms with van der Waals surface area (Å²) in [6, 6.07) is 14.4. The molecule has 15 nitrogen and oxygen atoms in total. The van der Waals surface area contributed by atoms with E-state index in [9.17, 15) is 14.4 Å². The number of urea groups is 2. The van der Waals surface area contributed by atoms with Crippen molar-refractivity contribution < 1.29 is 23.9 Å². The van der Waals surface area contributed by atoms with Crippen LogP contribution in [0.15, 0.2) is 60.9 Å². The molecule has 3 fully saturated rings. The van der Waals surface area contributed by atoms with Crippen LogP contribution in [-0.4, -0.2) is 68.9 Å². The summed E-state index contributed by atoms with van der Waals surface area (Å²) in [6.45, 7) is 2.07. The van der Waals surface area contributed by atoms with Crippen LogP contribution in [0.1, 0.15) is 62.5 Å². The summed E-state index contributed by atoms with van der Waals surface area (Å²) < 4.78 is 11.6. The summed E-state index contributed by atoms with van der Waals surface area (Å²) >= 11 is 12.5. The van der Waals surface area contributed by atoms with Gasteiger partial charge in [0.1, 0.15) is 17.4 Å². The van der Waals surface area contributed by atoms with Crippen LogP contribution >= 0.6 is 23.2 Å². The first-order valence-electron chi connectivity index (χ1n) is 18.4. The van der Waals surface area contributed by atoms with E-state index in [1.165, 1.54) is 0 Å². The highest BCUT2D eigenvalue weighted by Crippen LogP contribution is 2.37. The molecule has 17 heteroatoms. The number of ether oxygens (including phenoxy) is 2. The van der Waals surface area contributed by atoms with Crippen molar-refractivity contribution in [2.45, 2.75) is 82.3 Å². The average Bonchev–Trinajstić information content (AvgIpc) is 3.65. The maximum Gasteiger partial charge on any atom is 0.327 e. The van der Waals surface area contributed by atoms with Gasteiger partial charge < -0.3 is 20.1 Å². The minimum Gasteiger partial charge on any atom is -0.351 e. The van der Waals surface area contributed by atoms with Crippen molar-refractivity contribution in [2.24, 2.45) is 0 Å². The Labute approximate surface area is 327 Å². The minimum absolute atomic E-state index is 0.185. The Morgan fingerprint density at radius 3 is 1.60 bits per heavy atom. The van der Waals surface area contributed by atoms with Crippen LogP contribution in [-0.2, 0) is 27.4 Å². The number of anilines is 6. The Kier molecular flexibility index (Phi) is 10.7. The third-order valence-corrected chi connectivity index (χ3v) is 11.0. The zero-order chi connectivity index (χ0) is 37.9. The third-order valence-electron chi connectivity index (χ3n) is 10.4. The van der Waals surface area contributed by atoms with Crippen molar-refractivity contribution in [1.82, 2.24) is 19.9 Å². The van der Waals surface area contributed by atoms with Gasteiger partial charge in [-0.3, -0.25) is 25.2 Å². The second-order valence-electron chi connectivity index (χ2n) is 14.1. The molecular weight excluding hydrogens is 747 g/mol. The number of nitrogens with zero attached hydrogens (tertiary/aromatic N) is 6. The largest absolute Gasteiger partial charge is 0.351 e. The lowest BCUT2D eigenvalue weighted by Gasteiger charge is -2.35. The number of halogens is 2. The average molecular weight is 788 g/mol. The number of Topliss-reactive ketones (excluding diaryl/α,β-unsaturated/α-hetero) is 1. The predicted molar refractivity (Wildman–Crippen MR) is 209 cm³/mol. The number of hydrogen-bond acceptors (Lipinski definition) is 11. The van der Waals surface area contributed by atoms with Gasteiger partial charge in [0.25, 0.3) is 0 Å². The highest BCUT2D eigenvalue weighted by molar-refractivity contribution is 6.34. The van der Waals surface area contributed by atoms with Crippen LogP contribution in [0.25, 0.3) is 0 Å². The zero-order valence-electron chi connectivity index (χ0n) is 29.9. The molecule has 0 unspecified atom stereocenters. The van der Waals surface area contributed by atoms with E-state index in [0.29, 0.717) is 89.9 Å². The first-order valence-corrected chi connectivity index (χ1v) is 19.2. The molecule has 2 aromatic heterocycles. The van der Waals surface area contributed by atoms with Gasteiger partial charge in [-0.2, -0.15) is 9.97 Å². The summed E-state index contributed by atoms with van der Waals surface area (Å²) in [5.41, 5.74) is 2.96. The fraction of sp³-hybridized carbons (Fsp3) is 0.395. The van der Waals surface area contributed by atoms with Gasteiger partial charge in [-0.1, -0.05) is 47.5 Å². The molecule has 4 amide bonds. The lowest BCUT2D eigenvalue weighted by Crippen LogP contribution is -2.40. The van der Waals surface area contributed by atoms with E-state index in [4.69, 9.17) is 32.7 Å². The van der Waals surface area contributed by atoms with Gasteiger partial charge >= 0.3 is 12.1 Å². The number of carbonyl (C=O) groups is 3. The Hall–Kier alpha value is -5.09. The Bertz CT molecular complexity index is 2080. The molecule has 4 aromatic rings. The number of benzene rings is 2. The Balaban J connectivity index is 0.000000156. The predicted octanol–water partition coefficient (Wildman–Crippen LogP) is 7.39. The summed E-state index contributed by atoms with van der Waals surface area (Å²) in [7, 11) is 0. The van der Waals surface area contributed by atoms with Crippen LogP contribution in [0.4, 0.5) is 44.5 Å². The molecule has 3 aliphatic heterocycles. The van der Waals surface area contributed by atoms with Gasteiger partial charge in [-0.05, 0) is 49.9 Å². The van der Waals surface area contributed by atoms with E-state index < -0.39 is 0 Å². The first-order chi connectivity index (χ1) is 26.7. The topological polar surface area (TPSA) is 176 Å². The summed E-state index contributed by atoms with van der Waals surface area (Å²) in [5.74, 6) is 1.94. The van der Waals surface area contributed by atoms with Crippen LogP contribution in [0.3, 0.4) is 0 Å². The number of nitrogens with one attached hydrogen (secondary N) is 4. The van der Waals surface area contributed by atoms with Gasteiger partial charge in [0.15, 0.2) is 5.79 Å². The lowest BCUT2D eigenvalue weighted by atomic mass is 9.90. The van der Waals surface area contributed by atoms with Crippen molar-refractivity contribution >= 4 is 76.0 Å². The highest BCUT2D eigenvalue weighted by atomic mass is 35.5. The monoisotopic (exact) mass is 786 g/mol. The van der Waals surface area contributed by atoms with E-state index in [0.717, 1.165) is 49.7 Å². The van der Waals surface area contributed by atoms with Crippen LogP contribution < -0.4 is 31.1 Å². The number of rotatable bonds is 6. The van der Waals surface area contributed by atoms with Crippen molar-refractivity contribution in [3.05, 3.63) is 82.1 Å². The van der Waals surface area contributed by atoms with Crippen molar-refractivity contribution in [3.63, 3.8) is 0 Å². The molecule has 55 heavy (non-hydrogen) atoms. The van der Waals surface area contributed by atoms with Gasteiger partial charge in [0.05, 0.1) is 47.7 Å². The quantitative estimate of drug-likeness (QED) is 0.153. The molecule has 0 radical (unpaired) electrons. The molecule has 286 valence electrons. The molecule has 4 N–H and O–H groups in total. The zero-order valence-corrected chi connectivity index (χ0v) is 31.4. The molecule has 2 saturated carbocycles. The fourth-order valence-corrected chi connectivity index (χ4v) is 7.87. The SMILES string of the molecule is O=C1CCC(Nc2ncc3c(n2)NC(=O)N(c2ccccc2Cl)C3)CC1.O=C1Nc2nc(NC3CCC4(CC3)OCCO4)ncc2CN1c1ccccc1Cl. The number of para-hydroxylation sites is 2. The Morgan fingerprint density at radius 1 is 0.673 bits per heavy atom. The number of fused-ring (bicyclic) bond motifs is 2. The first kappa shape index (κ1) is 36.9. The molecule has 5 aliphatic rings. The molecule has 2 aromatic carbocycles. The molecule has 2 aliphatic carbocycles. The fourth-order valence-electron chi connectivity index (χ4n) is 7.39. The Morgan fingerprint density at radius 2 is 1.13 bits per heavy atom. The van der Waals surface area contributed by atoms with E-state index in [1.54, 1.807) is 40.4 Å². The number of ketones is 1. The van der Waals surface area contributed by atoms with E-state index in [1.807, 2.05) is 30.3 Å². The number of aromatic nitrogens is 4. The second kappa shape index (κ2) is 15.9. The van der Waals surface area contributed by atoms with Gasteiger partial charge in [-0.25, -0.2) is 19.6 Å². The van der Waals surface area contributed by atoms with Crippen LogP contribution in [0.5, 0.6) is 0 Å². The van der Waals surface area contributed by atoms with Crippen LogP contribution in [0, 0.1) is 0 Å². The smallest absolute Gasteiger partial charge is 0.327 e. The number of carbonyl (C=O) groups excluding carboxylic acids is 3. The summed E-state index contributed by atoms with van der Waals surface area (Å²) in [5, 5.41) is 13.3. The lowest BCUT2D eigenvalue weighted by molar-refractivity contribution is -0.177. The highest BCUT2D eigenvalue weighted by Gasteiger charge is 2.40. The number of hydrogen-bond donors (Lipinski definition) is 4. The van der Waals surface area contributed by atoms with Gasteiger partial charge in [0.2, 0.25) is 11.9 Å². The maximum atomic E-state index is 12.6. The normalized spacial score (nSPS) is 19.5. The third kappa shape index (κ3) is 8.29. The van der Waals surface area contributed by atoms with Gasteiger partial charge in [0, 0.05) is 61.3 Å². The molecule has 0 bridgehead atoms. The number of amides is 4. The summed E-state index contributed by atoms with van der Waals surface area (Å²) in [4.78, 5) is 57.3. The molecule has 1 saturated heterocycles. The van der Waals surface area contributed by atoms with E-state index in [2.05, 4.69) is 41.2 Å². The minimum atomic E-state index is -0.384. The maximum absolute atomic E-state index is 12.6. The second-order valence-corrected chi connectivity index (χ2v) is 14.9. The summed E-state index contributed by atoms with van der Waals surface area (Å²) in [6.07, 6.45) is 9.78. The van der Waals surface area contributed by atoms with Crippen molar-refractivity contribution in [2.75, 3.05) is 44.3 Å². The van der Waals surface area contributed by atoms with Crippen molar-refractivity contribution in [1.29, 1.82) is 0 Å². The molecule has 0 atom stereocenters. The molecule has 9 rings (SSSR count).